The van der Waals surface area contributed by atoms with Crippen LogP contribution in [0.25, 0.3) is 11.4 Å². The first-order chi connectivity index (χ1) is 36.4. The van der Waals surface area contributed by atoms with E-state index in [1.165, 1.54) is 103 Å². The maximum Gasteiger partial charge on any atom is 0.245 e. The van der Waals surface area contributed by atoms with Crippen molar-refractivity contribution < 1.29 is 55.5 Å². The predicted octanol–water partition coefficient (Wildman–Crippen LogP) is 4.45. The molecule has 2 saturated carbocycles. The summed E-state index contributed by atoms with van der Waals surface area (Å²) in [7, 11) is 0.628. The van der Waals surface area contributed by atoms with E-state index in [2.05, 4.69) is 60.3 Å². The minimum atomic E-state index is -3.93. The smallest absolute Gasteiger partial charge is 0.245 e. The number of sulfone groups is 2. The molecule has 6 heterocycles. The van der Waals surface area contributed by atoms with E-state index in [0.717, 1.165) is 25.7 Å². The molecule has 412 valence electrons. The van der Waals surface area contributed by atoms with E-state index in [1.807, 2.05) is 0 Å². The van der Waals surface area contributed by atoms with Gasteiger partial charge in [-0.05, 0) is 39.5 Å². The minimum absolute atomic E-state index is 0.0860. The first-order valence-corrected chi connectivity index (χ1v) is 28.2. The SMILES string of the molecule is COc1ncnc(OC)c1-n1c(CS(=O)(=O)[C@@H](C)[C@H](OC)c2ncc(Cl)cn2)nnc1[C@@H]1CCCC[C@@H]1O.COc1ncnc(OC)c1-n1c(CS(=O)(=O)[C@@H](C)[C@H](OC)c2ncc(Cl)cn2)nnc1[C@H]1CCCC[C@H]1O. The van der Waals surface area contributed by atoms with E-state index in [9.17, 15) is 27.0 Å². The quantitative estimate of drug-likeness (QED) is 0.107. The molecular weight excluding hydrogens is 1080 g/mol. The van der Waals surface area contributed by atoms with Gasteiger partial charge in [0.1, 0.15) is 48.0 Å². The minimum Gasteiger partial charge on any atom is -0.479 e. The maximum absolute atomic E-state index is 13.7. The van der Waals surface area contributed by atoms with Gasteiger partial charge in [-0.25, -0.2) is 36.8 Å². The van der Waals surface area contributed by atoms with E-state index < -0.39 is 66.1 Å². The summed E-state index contributed by atoms with van der Waals surface area (Å²) >= 11 is 11.8. The number of rotatable bonds is 20. The highest BCUT2D eigenvalue weighted by molar-refractivity contribution is 7.91. The Kier molecular flexibility index (Phi) is 19.4. The Balaban J connectivity index is 0.000000221. The Morgan fingerprint density at radius 2 is 0.842 bits per heavy atom. The lowest BCUT2D eigenvalue weighted by Gasteiger charge is -2.28. The van der Waals surface area contributed by atoms with Gasteiger partial charge in [-0.3, -0.25) is 9.13 Å². The van der Waals surface area contributed by atoms with Crippen LogP contribution >= 0.6 is 23.2 Å². The van der Waals surface area contributed by atoms with Crippen molar-refractivity contribution in [3.05, 3.63) is 82.4 Å². The number of methoxy groups -OCH3 is 6. The average Bonchev–Trinajstić information content (AvgIpc) is 4.02. The number of hydrogen-bond donors (Lipinski definition) is 2. The predicted molar refractivity (Wildman–Crippen MR) is 272 cm³/mol. The van der Waals surface area contributed by atoms with Crippen LogP contribution in [0.1, 0.15) is 124 Å². The van der Waals surface area contributed by atoms with E-state index in [-0.39, 0.29) is 70.0 Å². The van der Waals surface area contributed by atoms with E-state index in [4.69, 9.17) is 51.6 Å². The zero-order valence-electron chi connectivity index (χ0n) is 43.0. The van der Waals surface area contributed by atoms with Crippen LogP contribution in [-0.2, 0) is 40.7 Å². The highest BCUT2D eigenvalue weighted by atomic mass is 35.5. The van der Waals surface area contributed by atoms with Crippen molar-refractivity contribution in [2.75, 3.05) is 42.7 Å². The van der Waals surface area contributed by atoms with Crippen molar-refractivity contribution in [3.8, 4) is 34.9 Å². The molecule has 0 unspecified atom stereocenters. The first-order valence-electron chi connectivity index (χ1n) is 24.0. The molecule has 8 rings (SSSR count). The van der Waals surface area contributed by atoms with Gasteiger partial charge in [-0.1, -0.05) is 48.9 Å². The van der Waals surface area contributed by atoms with Gasteiger partial charge in [-0.2, -0.15) is 19.9 Å². The summed E-state index contributed by atoms with van der Waals surface area (Å²) in [6.45, 7) is 3.03. The second-order valence-corrected chi connectivity index (χ2v) is 23.5. The second-order valence-electron chi connectivity index (χ2n) is 17.9. The molecule has 26 nitrogen and oxygen atoms in total. The van der Waals surface area contributed by atoms with Crippen molar-refractivity contribution in [1.82, 2.24) is 69.4 Å². The first kappa shape index (κ1) is 57.8. The third kappa shape index (κ3) is 12.6. The molecule has 30 heteroatoms. The number of aliphatic hydroxyl groups excluding tert-OH is 2. The van der Waals surface area contributed by atoms with Crippen molar-refractivity contribution in [2.24, 2.45) is 0 Å². The molecular formula is C46H60Cl2N14O12S2. The molecule has 0 amide bonds. The van der Waals surface area contributed by atoms with Gasteiger partial charge >= 0.3 is 0 Å². The Hall–Kier alpha value is -5.88. The van der Waals surface area contributed by atoms with E-state index in [1.54, 1.807) is 0 Å². The van der Waals surface area contributed by atoms with Crippen LogP contribution in [0.3, 0.4) is 0 Å². The van der Waals surface area contributed by atoms with Crippen molar-refractivity contribution in [3.63, 3.8) is 0 Å². The van der Waals surface area contributed by atoms with Crippen LogP contribution in [0.4, 0.5) is 0 Å². The lowest BCUT2D eigenvalue weighted by molar-refractivity contribution is 0.0947. The molecule has 0 spiro atoms. The van der Waals surface area contributed by atoms with Crippen LogP contribution in [-0.4, -0.2) is 162 Å². The molecule has 0 saturated heterocycles. The number of nitrogens with zero attached hydrogens (tertiary/aromatic N) is 14. The molecule has 0 aromatic carbocycles. The van der Waals surface area contributed by atoms with Gasteiger partial charge in [0.2, 0.25) is 23.5 Å². The van der Waals surface area contributed by atoms with Crippen LogP contribution < -0.4 is 18.9 Å². The molecule has 2 fully saturated rings. The highest BCUT2D eigenvalue weighted by Crippen LogP contribution is 2.40. The fourth-order valence-corrected chi connectivity index (χ4v) is 12.3. The average molecular weight is 1140 g/mol. The standard InChI is InChI=1S/2C23H30ClN7O6S/c2*1-13(19(35-2)20-25-9-14(24)10-26-20)38(33,34)11-17-29-30-21(15-7-5-6-8-16(15)32)31(17)18-22(36-3)27-12-28-23(18)37-4/h2*9-10,12-13,15-16,19,32H,5-8,11H2,1-4H3/t13-,15+,16-,19-;13-,15-,16+,19-/m00/s1. The Morgan fingerprint density at radius 1 is 0.526 bits per heavy atom. The summed E-state index contributed by atoms with van der Waals surface area (Å²) in [5.41, 5.74) is 0.495. The van der Waals surface area contributed by atoms with Crippen LogP contribution in [0.15, 0.2) is 37.4 Å². The summed E-state index contributed by atoms with van der Waals surface area (Å²) in [5.74, 6) is 0.0553. The summed E-state index contributed by atoms with van der Waals surface area (Å²) in [5, 5.41) is 37.3. The van der Waals surface area contributed by atoms with Crippen LogP contribution in [0, 0.1) is 0 Å². The third-order valence-corrected chi connectivity index (χ3v) is 17.8. The molecule has 0 aliphatic heterocycles. The van der Waals surface area contributed by atoms with Crippen LogP contribution in [0.2, 0.25) is 10.0 Å². The summed E-state index contributed by atoms with van der Waals surface area (Å²) in [4.78, 5) is 33.2. The van der Waals surface area contributed by atoms with Crippen molar-refractivity contribution >= 4 is 42.9 Å². The van der Waals surface area contributed by atoms with Gasteiger partial charge in [0.15, 0.2) is 54.3 Å². The largest absolute Gasteiger partial charge is 0.479 e. The Morgan fingerprint density at radius 3 is 1.13 bits per heavy atom. The van der Waals surface area contributed by atoms with Gasteiger partial charge in [0, 0.05) is 50.8 Å². The molecule has 6 aromatic rings. The number of ether oxygens (including phenoxy) is 6. The number of aliphatic hydroxyl groups is 2. The van der Waals surface area contributed by atoms with Crippen molar-refractivity contribution in [1.29, 1.82) is 0 Å². The fraction of sp³-hybridized carbons (Fsp3) is 0.565. The molecule has 2 N–H and O–H groups in total. The molecule has 2 aliphatic rings. The normalized spacial score (nSPS) is 19.6. The van der Waals surface area contributed by atoms with E-state index >= 15 is 0 Å². The Labute approximate surface area is 449 Å². The number of halogens is 2. The molecule has 8 atom stereocenters. The van der Waals surface area contributed by atoms with Crippen LogP contribution in [0.5, 0.6) is 23.5 Å². The number of hydrogen-bond acceptors (Lipinski definition) is 24. The maximum atomic E-state index is 13.7. The summed E-state index contributed by atoms with van der Waals surface area (Å²) in [6.07, 6.45) is 10.8. The second kappa shape index (κ2) is 25.5. The molecule has 6 aromatic heterocycles. The molecule has 0 radical (unpaired) electrons. The third-order valence-electron chi connectivity index (χ3n) is 13.3. The van der Waals surface area contributed by atoms with E-state index in [0.29, 0.717) is 47.4 Å². The molecule has 2 aliphatic carbocycles. The lowest BCUT2D eigenvalue weighted by Crippen LogP contribution is -2.30. The fourth-order valence-electron chi connectivity index (χ4n) is 9.27. The van der Waals surface area contributed by atoms with Gasteiger partial charge < -0.3 is 38.6 Å². The topological polar surface area (TPSA) is 329 Å². The zero-order chi connectivity index (χ0) is 54.9. The Bertz CT molecular complexity index is 2870. The zero-order valence-corrected chi connectivity index (χ0v) is 46.1. The highest BCUT2D eigenvalue weighted by Gasteiger charge is 2.40. The van der Waals surface area contributed by atoms with Gasteiger partial charge in [0.05, 0.1) is 61.2 Å². The number of aromatic nitrogens is 14. The molecule has 0 bridgehead atoms. The monoisotopic (exact) mass is 1130 g/mol. The van der Waals surface area contributed by atoms with Gasteiger partial charge in [0.25, 0.3) is 0 Å². The summed E-state index contributed by atoms with van der Waals surface area (Å²) < 4.78 is 90.7. The summed E-state index contributed by atoms with van der Waals surface area (Å²) in [6, 6.07) is 0. The van der Waals surface area contributed by atoms with Crippen molar-refractivity contribution in [2.45, 2.75) is 123 Å². The lowest BCUT2D eigenvalue weighted by atomic mass is 9.86. The van der Waals surface area contributed by atoms with Gasteiger partial charge in [-0.15, -0.1) is 20.4 Å². The molecule has 76 heavy (non-hydrogen) atoms.